The summed E-state index contributed by atoms with van der Waals surface area (Å²) in [5.74, 6) is -0.0268. The molecule has 0 bridgehead atoms. The van der Waals surface area contributed by atoms with Crippen LogP contribution in [-0.2, 0) is 21.4 Å². The van der Waals surface area contributed by atoms with E-state index < -0.39 is 0 Å². The average Bonchev–Trinajstić information content (AvgIpc) is 3.48. The highest BCUT2D eigenvalue weighted by molar-refractivity contribution is 6.30. The summed E-state index contributed by atoms with van der Waals surface area (Å²) >= 11 is 6.13. The van der Waals surface area contributed by atoms with Crippen molar-refractivity contribution in [3.05, 3.63) is 58.9 Å². The number of hydrazone groups is 1. The van der Waals surface area contributed by atoms with E-state index in [1.165, 1.54) is 0 Å². The van der Waals surface area contributed by atoms with Crippen LogP contribution >= 0.6 is 11.6 Å². The number of carbonyl (C=O) groups excluding carboxylic acids is 2. The van der Waals surface area contributed by atoms with Crippen LogP contribution in [0.2, 0.25) is 5.02 Å². The third kappa shape index (κ3) is 5.51. The molecule has 2 aliphatic heterocycles. The van der Waals surface area contributed by atoms with Gasteiger partial charge in [-0.1, -0.05) is 30.2 Å². The van der Waals surface area contributed by atoms with Gasteiger partial charge in [-0.2, -0.15) is 5.10 Å². The zero-order valence-corrected chi connectivity index (χ0v) is 21.6. The van der Waals surface area contributed by atoms with Crippen molar-refractivity contribution < 1.29 is 14.3 Å². The molecule has 2 aromatic rings. The van der Waals surface area contributed by atoms with Gasteiger partial charge in [-0.25, -0.2) is 5.01 Å². The molecule has 1 saturated heterocycles. The second-order valence-corrected chi connectivity index (χ2v) is 10.3. The van der Waals surface area contributed by atoms with E-state index in [0.29, 0.717) is 31.2 Å². The van der Waals surface area contributed by atoms with Crippen molar-refractivity contribution in [3.63, 3.8) is 0 Å². The molecule has 0 N–H and O–H groups in total. The number of amides is 2. The van der Waals surface area contributed by atoms with Crippen LogP contribution in [0.4, 0.5) is 0 Å². The number of morpholine rings is 1. The Balaban J connectivity index is 1.36. The SMILES string of the molecule is Cn1cccc1C1=NN(C(=O)CN(CCN2CCOCC2)C(=O)C2CCC2)[C@@H](c2ccc(Cl)cc2)C1. The van der Waals surface area contributed by atoms with Crippen molar-refractivity contribution in [2.45, 2.75) is 31.7 Å². The minimum atomic E-state index is -0.237. The number of ether oxygens (including phenoxy) is 1. The maximum absolute atomic E-state index is 13.7. The van der Waals surface area contributed by atoms with Gasteiger partial charge in [0.2, 0.25) is 5.91 Å². The molecule has 1 aromatic carbocycles. The normalized spacial score (nSPS) is 20.8. The van der Waals surface area contributed by atoms with Crippen molar-refractivity contribution >= 4 is 29.1 Å². The van der Waals surface area contributed by atoms with E-state index in [1.54, 1.807) is 9.91 Å². The Morgan fingerprint density at radius 1 is 1.14 bits per heavy atom. The molecule has 0 unspecified atom stereocenters. The van der Waals surface area contributed by atoms with Crippen LogP contribution < -0.4 is 0 Å². The van der Waals surface area contributed by atoms with Crippen LogP contribution in [0.3, 0.4) is 0 Å². The minimum absolute atomic E-state index is 0.0354. The summed E-state index contributed by atoms with van der Waals surface area (Å²) in [5.41, 5.74) is 2.82. The van der Waals surface area contributed by atoms with E-state index in [9.17, 15) is 9.59 Å². The summed E-state index contributed by atoms with van der Waals surface area (Å²) < 4.78 is 7.47. The average molecular weight is 512 g/mol. The van der Waals surface area contributed by atoms with Gasteiger partial charge >= 0.3 is 0 Å². The number of nitrogens with zero attached hydrogens (tertiary/aromatic N) is 5. The Hall–Kier alpha value is -2.68. The molecule has 3 aliphatic rings. The zero-order valence-electron chi connectivity index (χ0n) is 20.8. The predicted octanol–water partition coefficient (Wildman–Crippen LogP) is 3.32. The number of carbonyl (C=O) groups is 2. The number of hydrogen-bond donors (Lipinski definition) is 0. The molecular weight excluding hydrogens is 478 g/mol. The van der Waals surface area contributed by atoms with Crippen molar-refractivity contribution in [2.24, 2.45) is 18.1 Å². The molecule has 192 valence electrons. The molecule has 2 fully saturated rings. The summed E-state index contributed by atoms with van der Waals surface area (Å²) in [7, 11) is 1.98. The standard InChI is InChI=1S/C27H34ClN5O3/c1-30-11-3-6-24(30)23-18-25(20-7-9-22(28)10-8-20)33(29-23)26(34)19-32(27(35)21-4-2-5-21)13-12-31-14-16-36-17-15-31/h3,6-11,21,25H,2,4-5,12-19H2,1H3/t25-/m1/s1. The Morgan fingerprint density at radius 2 is 1.89 bits per heavy atom. The van der Waals surface area contributed by atoms with Gasteiger partial charge in [0, 0.05) is 56.8 Å². The van der Waals surface area contributed by atoms with Gasteiger partial charge in [-0.15, -0.1) is 0 Å². The second-order valence-electron chi connectivity index (χ2n) is 9.90. The van der Waals surface area contributed by atoms with E-state index in [1.807, 2.05) is 54.2 Å². The maximum atomic E-state index is 13.7. The Labute approximate surface area is 217 Å². The fourth-order valence-electron chi connectivity index (χ4n) is 5.10. The molecule has 9 heteroatoms. The minimum Gasteiger partial charge on any atom is -0.379 e. The predicted molar refractivity (Wildman–Crippen MR) is 139 cm³/mol. The summed E-state index contributed by atoms with van der Waals surface area (Å²) in [6.07, 6.45) is 5.48. The first-order chi connectivity index (χ1) is 17.5. The zero-order chi connectivity index (χ0) is 25.1. The quantitative estimate of drug-likeness (QED) is 0.545. The lowest BCUT2D eigenvalue weighted by Gasteiger charge is -2.34. The van der Waals surface area contributed by atoms with Crippen LogP contribution in [0.5, 0.6) is 0 Å². The Kier molecular flexibility index (Phi) is 7.74. The monoisotopic (exact) mass is 511 g/mol. The third-order valence-corrected chi connectivity index (χ3v) is 7.79. The highest BCUT2D eigenvalue weighted by Crippen LogP contribution is 2.34. The lowest BCUT2D eigenvalue weighted by Crippen LogP contribution is -2.49. The molecule has 1 aliphatic carbocycles. The lowest BCUT2D eigenvalue weighted by atomic mass is 9.84. The molecule has 1 atom stereocenters. The molecule has 1 aromatic heterocycles. The van der Waals surface area contributed by atoms with Gasteiger partial charge < -0.3 is 14.2 Å². The molecule has 0 radical (unpaired) electrons. The Morgan fingerprint density at radius 3 is 2.53 bits per heavy atom. The Bertz CT molecular complexity index is 1100. The van der Waals surface area contributed by atoms with Crippen molar-refractivity contribution in [1.82, 2.24) is 19.4 Å². The first-order valence-corrected chi connectivity index (χ1v) is 13.2. The summed E-state index contributed by atoms with van der Waals surface area (Å²) in [4.78, 5) is 31.1. The first-order valence-electron chi connectivity index (χ1n) is 12.8. The van der Waals surface area contributed by atoms with Crippen molar-refractivity contribution in [3.8, 4) is 0 Å². The number of rotatable bonds is 8. The summed E-state index contributed by atoms with van der Waals surface area (Å²) in [6.45, 7) is 4.45. The summed E-state index contributed by atoms with van der Waals surface area (Å²) in [6, 6.07) is 11.3. The molecule has 8 nitrogen and oxygen atoms in total. The van der Waals surface area contributed by atoms with Crippen LogP contribution in [0.25, 0.3) is 0 Å². The molecule has 3 heterocycles. The van der Waals surface area contributed by atoms with E-state index >= 15 is 0 Å². The molecule has 36 heavy (non-hydrogen) atoms. The van der Waals surface area contributed by atoms with Crippen LogP contribution in [-0.4, -0.2) is 82.8 Å². The van der Waals surface area contributed by atoms with Gasteiger partial charge in [0.05, 0.1) is 30.7 Å². The molecule has 2 amide bonds. The van der Waals surface area contributed by atoms with E-state index in [2.05, 4.69) is 4.90 Å². The highest BCUT2D eigenvalue weighted by Gasteiger charge is 2.36. The van der Waals surface area contributed by atoms with E-state index in [-0.39, 0.29) is 30.3 Å². The van der Waals surface area contributed by atoms with Crippen LogP contribution in [0, 0.1) is 5.92 Å². The second kappa shape index (κ2) is 11.2. The van der Waals surface area contributed by atoms with E-state index in [0.717, 1.165) is 55.9 Å². The molecular formula is C27H34ClN5O3. The molecule has 0 spiro atoms. The molecule has 1 saturated carbocycles. The first kappa shape index (κ1) is 25.0. The number of hydrogen-bond acceptors (Lipinski definition) is 5. The number of halogens is 1. The molecule has 5 rings (SSSR count). The number of aromatic nitrogens is 1. The van der Waals surface area contributed by atoms with Gasteiger partial charge in [0.1, 0.15) is 6.54 Å². The fraction of sp³-hybridized carbons (Fsp3) is 0.519. The van der Waals surface area contributed by atoms with Crippen molar-refractivity contribution in [2.75, 3.05) is 45.9 Å². The number of aryl methyl sites for hydroxylation is 1. The highest BCUT2D eigenvalue weighted by atomic mass is 35.5. The third-order valence-electron chi connectivity index (χ3n) is 7.54. The van der Waals surface area contributed by atoms with Gasteiger partial charge in [-0.05, 0) is 42.7 Å². The maximum Gasteiger partial charge on any atom is 0.262 e. The van der Waals surface area contributed by atoms with E-state index in [4.69, 9.17) is 21.4 Å². The van der Waals surface area contributed by atoms with Crippen molar-refractivity contribution in [1.29, 1.82) is 0 Å². The largest absolute Gasteiger partial charge is 0.379 e. The number of benzene rings is 1. The van der Waals surface area contributed by atoms with Gasteiger partial charge in [-0.3, -0.25) is 14.5 Å². The fourth-order valence-corrected chi connectivity index (χ4v) is 5.23. The van der Waals surface area contributed by atoms with Gasteiger partial charge in [0.15, 0.2) is 0 Å². The summed E-state index contributed by atoms with van der Waals surface area (Å²) in [5, 5.41) is 7.03. The van der Waals surface area contributed by atoms with Crippen LogP contribution in [0.1, 0.15) is 43.0 Å². The smallest absolute Gasteiger partial charge is 0.262 e. The van der Waals surface area contributed by atoms with Gasteiger partial charge in [0.25, 0.3) is 5.91 Å². The van der Waals surface area contributed by atoms with Crippen LogP contribution in [0.15, 0.2) is 47.7 Å². The topological polar surface area (TPSA) is 70.4 Å². The lowest BCUT2D eigenvalue weighted by molar-refractivity contribution is -0.145.